The minimum atomic E-state index is -0.580. The van der Waals surface area contributed by atoms with Gasteiger partial charge in [0.05, 0.1) is 17.3 Å². The molecule has 0 radical (unpaired) electrons. The average Bonchev–Trinajstić information content (AvgIpc) is 2.45. The van der Waals surface area contributed by atoms with Crippen molar-refractivity contribution in [1.29, 1.82) is 0 Å². The summed E-state index contributed by atoms with van der Waals surface area (Å²) in [5.74, 6) is -0.344. The number of thiazole rings is 1. The molecular formula is C10H16N2O2S. The Kier molecular flexibility index (Phi) is 4.23. The van der Waals surface area contributed by atoms with E-state index in [0.717, 1.165) is 15.6 Å². The van der Waals surface area contributed by atoms with Crippen LogP contribution in [0.5, 0.6) is 0 Å². The summed E-state index contributed by atoms with van der Waals surface area (Å²) >= 11 is 1.58. The van der Waals surface area contributed by atoms with Gasteiger partial charge in [-0.15, -0.1) is 11.3 Å². The molecule has 0 bridgehead atoms. The van der Waals surface area contributed by atoms with E-state index in [9.17, 15) is 4.79 Å². The monoisotopic (exact) mass is 228 g/mol. The zero-order valence-corrected chi connectivity index (χ0v) is 10.1. The van der Waals surface area contributed by atoms with Crippen molar-refractivity contribution < 1.29 is 9.53 Å². The van der Waals surface area contributed by atoms with Crippen molar-refractivity contribution >= 4 is 17.3 Å². The molecule has 0 aliphatic heterocycles. The predicted octanol–water partition coefficient (Wildman–Crippen LogP) is 1.19. The number of carbonyl (C=O) groups excluding carboxylic acids is 1. The van der Waals surface area contributed by atoms with Crippen LogP contribution in [0.3, 0.4) is 0 Å². The number of nitrogens with two attached hydrogens (primary N) is 1. The van der Waals surface area contributed by atoms with E-state index in [1.54, 1.807) is 18.3 Å². The fraction of sp³-hybridized carbons (Fsp3) is 0.600. The number of aryl methyl sites for hydroxylation is 2. The van der Waals surface area contributed by atoms with Crippen LogP contribution in [-0.2, 0) is 16.0 Å². The van der Waals surface area contributed by atoms with Crippen molar-refractivity contribution in [2.75, 3.05) is 6.61 Å². The molecular weight excluding hydrogens is 212 g/mol. The van der Waals surface area contributed by atoms with Crippen molar-refractivity contribution in [3.63, 3.8) is 0 Å². The first-order valence-electron chi connectivity index (χ1n) is 4.89. The summed E-state index contributed by atoms with van der Waals surface area (Å²) in [6.45, 7) is 6.01. The maximum Gasteiger partial charge on any atom is 0.323 e. The molecule has 15 heavy (non-hydrogen) atoms. The largest absolute Gasteiger partial charge is 0.465 e. The Hall–Kier alpha value is -0.940. The molecule has 1 atom stereocenters. The van der Waals surface area contributed by atoms with Crippen molar-refractivity contribution in [3.05, 3.63) is 15.6 Å². The van der Waals surface area contributed by atoms with Crippen molar-refractivity contribution in [1.82, 2.24) is 4.98 Å². The van der Waals surface area contributed by atoms with Gasteiger partial charge in [0, 0.05) is 11.3 Å². The molecule has 4 nitrogen and oxygen atoms in total. The van der Waals surface area contributed by atoms with Gasteiger partial charge in [0.15, 0.2) is 0 Å². The summed E-state index contributed by atoms with van der Waals surface area (Å²) in [5, 5.41) is 0.999. The smallest absolute Gasteiger partial charge is 0.323 e. The summed E-state index contributed by atoms with van der Waals surface area (Å²) in [7, 11) is 0. The van der Waals surface area contributed by atoms with Crippen LogP contribution in [-0.4, -0.2) is 23.6 Å². The van der Waals surface area contributed by atoms with Crippen LogP contribution in [0.25, 0.3) is 0 Å². The third kappa shape index (κ3) is 3.28. The first-order chi connectivity index (χ1) is 7.04. The third-order valence-corrected chi connectivity index (χ3v) is 3.09. The van der Waals surface area contributed by atoms with E-state index in [1.807, 2.05) is 13.8 Å². The van der Waals surface area contributed by atoms with Gasteiger partial charge in [0.25, 0.3) is 0 Å². The molecule has 2 N–H and O–H groups in total. The molecule has 0 aromatic carbocycles. The van der Waals surface area contributed by atoms with Gasteiger partial charge in [-0.05, 0) is 20.8 Å². The van der Waals surface area contributed by atoms with Gasteiger partial charge >= 0.3 is 5.97 Å². The van der Waals surface area contributed by atoms with Gasteiger partial charge in [-0.25, -0.2) is 4.98 Å². The number of esters is 1. The fourth-order valence-electron chi connectivity index (χ4n) is 1.30. The maximum absolute atomic E-state index is 11.3. The van der Waals surface area contributed by atoms with Crippen LogP contribution in [0.4, 0.5) is 0 Å². The maximum atomic E-state index is 11.3. The molecule has 84 valence electrons. The highest BCUT2D eigenvalue weighted by atomic mass is 32.1. The second-order valence-corrected chi connectivity index (χ2v) is 4.59. The van der Waals surface area contributed by atoms with Crippen LogP contribution in [0.15, 0.2) is 0 Å². The Bertz CT molecular complexity index is 349. The van der Waals surface area contributed by atoms with E-state index in [4.69, 9.17) is 10.5 Å². The molecule has 0 aliphatic rings. The Morgan fingerprint density at radius 3 is 2.73 bits per heavy atom. The van der Waals surface area contributed by atoms with Crippen molar-refractivity contribution in [2.24, 2.45) is 5.73 Å². The van der Waals surface area contributed by atoms with Gasteiger partial charge < -0.3 is 10.5 Å². The molecule has 0 saturated carbocycles. The number of ether oxygens (including phenoxy) is 1. The summed E-state index contributed by atoms with van der Waals surface area (Å²) in [5.41, 5.74) is 6.67. The van der Waals surface area contributed by atoms with Gasteiger partial charge in [0.2, 0.25) is 0 Å². The summed E-state index contributed by atoms with van der Waals surface area (Å²) in [4.78, 5) is 16.6. The Morgan fingerprint density at radius 2 is 2.27 bits per heavy atom. The summed E-state index contributed by atoms with van der Waals surface area (Å²) < 4.78 is 4.84. The van der Waals surface area contributed by atoms with Crippen LogP contribution in [0, 0.1) is 13.8 Å². The van der Waals surface area contributed by atoms with E-state index in [1.165, 1.54) is 0 Å². The lowest BCUT2D eigenvalue weighted by molar-refractivity contribution is -0.144. The van der Waals surface area contributed by atoms with Gasteiger partial charge in [-0.3, -0.25) is 4.79 Å². The van der Waals surface area contributed by atoms with Crippen molar-refractivity contribution in [2.45, 2.75) is 33.2 Å². The minimum Gasteiger partial charge on any atom is -0.465 e. The highest BCUT2D eigenvalue weighted by Gasteiger charge is 2.17. The lowest BCUT2D eigenvalue weighted by atomic mass is 10.2. The molecule has 1 aromatic rings. The van der Waals surface area contributed by atoms with Gasteiger partial charge in [-0.1, -0.05) is 0 Å². The van der Waals surface area contributed by atoms with Crippen LogP contribution >= 0.6 is 11.3 Å². The first kappa shape index (κ1) is 12.1. The molecule has 1 rings (SSSR count). The fourth-order valence-corrected chi connectivity index (χ4v) is 2.29. The van der Waals surface area contributed by atoms with E-state index in [2.05, 4.69) is 4.98 Å². The summed E-state index contributed by atoms with van der Waals surface area (Å²) in [6.07, 6.45) is 0.510. The second kappa shape index (κ2) is 5.23. The molecule has 1 unspecified atom stereocenters. The van der Waals surface area contributed by atoms with Crippen LogP contribution in [0.1, 0.15) is 22.5 Å². The molecule has 0 spiro atoms. The molecule has 0 fully saturated rings. The zero-order chi connectivity index (χ0) is 11.4. The number of carbonyl (C=O) groups is 1. The van der Waals surface area contributed by atoms with E-state index >= 15 is 0 Å². The SMILES string of the molecule is CCOC(=O)C(N)Cc1sc(C)nc1C. The average molecular weight is 228 g/mol. The second-order valence-electron chi connectivity index (χ2n) is 3.30. The third-order valence-electron chi connectivity index (χ3n) is 1.99. The quantitative estimate of drug-likeness (QED) is 0.786. The molecule has 1 heterocycles. The Morgan fingerprint density at radius 1 is 1.60 bits per heavy atom. The summed E-state index contributed by atoms with van der Waals surface area (Å²) in [6, 6.07) is -0.580. The zero-order valence-electron chi connectivity index (χ0n) is 9.24. The first-order valence-corrected chi connectivity index (χ1v) is 5.71. The van der Waals surface area contributed by atoms with E-state index < -0.39 is 6.04 Å². The van der Waals surface area contributed by atoms with E-state index in [-0.39, 0.29) is 5.97 Å². The topological polar surface area (TPSA) is 65.2 Å². The molecule has 5 heteroatoms. The van der Waals surface area contributed by atoms with Crippen molar-refractivity contribution in [3.8, 4) is 0 Å². The predicted molar refractivity (Wildman–Crippen MR) is 59.9 cm³/mol. The number of nitrogens with zero attached hydrogens (tertiary/aromatic N) is 1. The Labute approximate surface area is 93.5 Å². The standard InChI is InChI=1S/C10H16N2O2S/c1-4-14-10(13)8(11)5-9-6(2)12-7(3)15-9/h8H,4-5,11H2,1-3H3. The van der Waals surface area contributed by atoms with Crippen LogP contribution in [0.2, 0.25) is 0 Å². The van der Waals surface area contributed by atoms with Crippen LogP contribution < -0.4 is 5.73 Å². The lowest BCUT2D eigenvalue weighted by Crippen LogP contribution is -2.34. The minimum absolute atomic E-state index is 0.344. The van der Waals surface area contributed by atoms with Gasteiger partial charge in [-0.2, -0.15) is 0 Å². The number of hydrogen-bond donors (Lipinski definition) is 1. The molecule has 0 amide bonds. The highest BCUT2D eigenvalue weighted by molar-refractivity contribution is 7.11. The highest BCUT2D eigenvalue weighted by Crippen LogP contribution is 2.18. The van der Waals surface area contributed by atoms with Gasteiger partial charge in [0.1, 0.15) is 6.04 Å². The number of hydrogen-bond acceptors (Lipinski definition) is 5. The Balaban J connectivity index is 2.61. The molecule has 1 aromatic heterocycles. The number of rotatable bonds is 4. The molecule has 0 aliphatic carbocycles. The number of aromatic nitrogens is 1. The van der Waals surface area contributed by atoms with E-state index in [0.29, 0.717) is 13.0 Å². The normalized spacial score (nSPS) is 12.5. The molecule has 0 saturated heterocycles. The lowest BCUT2D eigenvalue weighted by Gasteiger charge is -2.09.